The molecular formula is C19H17N3O. The van der Waals surface area contributed by atoms with E-state index in [0.29, 0.717) is 5.56 Å². The van der Waals surface area contributed by atoms with Gasteiger partial charge in [-0.2, -0.15) is 0 Å². The fourth-order valence-electron chi connectivity index (χ4n) is 2.40. The van der Waals surface area contributed by atoms with Gasteiger partial charge in [0.05, 0.1) is 0 Å². The molecule has 0 saturated carbocycles. The van der Waals surface area contributed by atoms with Gasteiger partial charge in [0.2, 0.25) is 0 Å². The highest BCUT2D eigenvalue weighted by Gasteiger charge is 2.11. The van der Waals surface area contributed by atoms with Crippen molar-refractivity contribution in [1.29, 1.82) is 0 Å². The third kappa shape index (κ3) is 3.37. The quantitative estimate of drug-likeness (QED) is 0.773. The largest absolute Gasteiger partial charge is 0.355 e. The van der Waals surface area contributed by atoms with Crippen LogP contribution in [0.15, 0.2) is 60.9 Å². The number of aromatic amines is 1. The van der Waals surface area contributed by atoms with Crippen molar-refractivity contribution < 1.29 is 4.79 Å². The molecule has 0 spiro atoms. The molecule has 2 aromatic carbocycles. The fourth-order valence-corrected chi connectivity index (χ4v) is 2.40. The highest BCUT2D eigenvalue weighted by Crippen LogP contribution is 2.25. The second kappa shape index (κ2) is 6.75. The van der Waals surface area contributed by atoms with E-state index in [-0.39, 0.29) is 5.91 Å². The van der Waals surface area contributed by atoms with Crippen LogP contribution in [0.25, 0.3) is 23.3 Å². The first-order valence-electron chi connectivity index (χ1n) is 7.37. The van der Waals surface area contributed by atoms with Gasteiger partial charge in [-0.15, -0.1) is 0 Å². The van der Waals surface area contributed by atoms with Crippen molar-refractivity contribution >= 4 is 18.1 Å². The molecule has 2 N–H and O–H groups in total. The molecule has 0 aliphatic heterocycles. The first-order chi connectivity index (χ1) is 11.3. The van der Waals surface area contributed by atoms with Gasteiger partial charge < -0.3 is 10.3 Å². The number of carbonyl (C=O) groups excluding carboxylic acids is 1. The first-order valence-corrected chi connectivity index (χ1v) is 7.37. The predicted octanol–water partition coefficient (Wildman–Crippen LogP) is 3.61. The molecule has 4 nitrogen and oxygen atoms in total. The standard InChI is InChI=1S/C19H17N3O/c1-20-19(23)16-9-7-14(8-10-18-21-11-12-22-18)13-17(16)15-5-3-2-4-6-15/h2-13H,1H3,(H,20,23)(H,21,22)/b10-8+. The molecule has 0 aliphatic carbocycles. The van der Waals surface area contributed by atoms with E-state index in [1.165, 1.54) is 0 Å². The SMILES string of the molecule is CNC(=O)c1ccc(/C=C/c2ncc[nH]2)cc1-c1ccccc1. The molecular weight excluding hydrogens is 286 g/mol. The van der Waals surface area contributed by atoms with Gasteiger partial charge in [0, 0.05) is 25.0 Å². The third-order valence-electron chi connectivity index (χ3n) is 3.55. The Morgan fingerprint density at radius 2 is 1.96 bits per heavy atom. The van der Waals surface area contributed by atoms with Crippen LogP contribution in [0, 0.1) is 0 Å². The molecule has 0 radical (unpaired) electrons. The van der Waals surface area contributed by atoms with Gasteiger partial charge in [-0.25, -0.2) is 4.98 Å². The van der Waals surface area contributed by atoms with E-state index in [4.69, 9.17) is 0 Å². The molecule has 0 unspecified atom stereocenters. The van der Waals surface area contributed by atoms with Crippen LogP contribution in [0.3, 0.4) is 0 Å². The molecule has 4 heteroatoms. The molecule has 1 heterocycles. The Labute approximate surface area is 134 Å². The molecule has 1 amide bonds. The maximum absolute atomic E-state index is 12.1. The predicted molar refractivity (Wildman–Crippen MR) is 92.8 cm³/mol. The summed E-state index contributed by atoms with van der Waals surface area (Å²) in [6, 6.07) is 15.7. The molecule has 3 aromatic rings. The Kier molecular flexibility index (Phi) is 4.34. The number of aromatic nitrogens is 2. The Morgan fingerprint density at radius 3 is 2.65 bits per heavy atom. The summed E-state index contributed by atoms with van der Waals surface area (Å²) in [6.07, 6.45) is 7.37. The minimum atomic E-state index is -0.0922. The molecule has 3 rings (SSSR count). The van der Waals surface area contributed by atoms with E-state index in [1.807, 2.05) is 60.7 Å². The van der Waals surface area contributed by atoms with E-state index in [9.17, 15) is 4.79 Å². The number of benzene rings is 2. The molecule has 0 aliphatic rings. The van der Waals surface area contributed by atoms with Crippen molar-refractivity contribution in [1.82, 2.24) is 15.3 Å². The third-order valence-corrected chi connectivity index (χ3v) is 3.55. The van der Waals surface area contributed by atoms with Crippen molar-refractivity contribution in [3.8, 4) is 11.1 Å². The number of rotatable bonds is 4. The van der Waals surface area contributed by atoms with Crippen molar-refractivity contribution in [3.63, 3.8) is 0 Å². The zero-order valence-corrected chi connectivity index (χ0v) is 12.8. The maximum atomic E-state index is 12.1. The normalized spacial score (nSPS) is 10.8. The average Bonchev–Trinajstić information content (AvgIpc) is 3.13. The van der Waals surface area contributed by atoms with Crippen molar-refractivity contribution in [2.45, 2.75) is 0 Å². The molecule has 0 saturated heterocycles. The van der Waals surface area contributed by atoms with Crippen LogP contribution in [0.5, 0.6) is 0 Å². The zero-order valence-electron chi connectivity index (χ0n) is 12.8. The zero-order chi connectivity index (χ0) is 16.1. The Bertz CT molecular complexity index is 821. The van der Waals surface area contributed by atoms with Crippen LogP contribution in [0.1, 0.15) is 21.7 Å². The first kappa shape index (κ1) is 14.8. The van der Waals surface area contributed by atoms with Crippen LogP contribution in [-0.4, -0.2) is 22.9 Å². The number of imidazole rings is 1. The van der Waals surface area contributed by atoms with Gasteiger partial charge in [0.1, 0.15) is 5.82 Å². The summed E-state index contributed by atoms with van der Waals surface area (Å²) in [7, 11) is 1.64. The maximum Gasteiger partial charge on any atom is 0.251 e. The van der Waals surface area contributed by atoms with Gasteiger partial charge in [-0.05, 0) is 34.9 Å². The summed E-state index contributed by atoms with van der Waals surface area (Å²) in [4.78, 5) is 19.3. The highest BCUT2D eigenvalue weighted by molar-refractivity contribution is 6.01. The summed E-state index contributed by atoms with van der Waals surface area (Å²) >= 11 is 0. The number of H-pyrrole nitrogens is 1. The van der Waals surface area contributed by atoms with Gasteiger partial charge in [-0.3, -0.25) is 4.79 Å². The van der Waals surface area contributed by atoms with E-state index < -0.39 is 0 Å². The van der Waals surface area contributed by atoms with Crippen LogP contribution in [0.2, 0.25) is 0 Å². The molecule has 114 valence electrons. The summed E-state index contributed by atoms with van der Waals surface area (Å²) in [5, 5.41) is 2.69. The fraction of sp³-hybridized carbons (Fsp3) is 0.0526. The summed E-state index contributed by atoms with van der Waals surface area (Å²) < 4.78 is 0. The number of carbonyl (C=O) groups is 1. The number of nitrogens with zero attached hydrogens (tertiary/aromatic N) is 1. The Hall–Kier alpha value is -3.14. The molecule has 0 bridgehead atoms. The molecule has 0 fully saturated rings. The number of amides is 1. The van der Waals surface area contributed by atoms with E-state index in [1.54, 1.807) is 19.4 Å². The topological polar surface area (TPSA) is 57.8 Å². The van der Waals surface area contributed by atoms with Crippen LogP contribution < -0.4 is 5.32 Å². The molecule has 0 atom stereocenters. The highest BCUT2D eigenvalue weighted by atomic mass is 16.1. The van der Waals surface area contributed by atoms with Gasteiger partial charge >= 0.3 is 0 Å². The minimum absolute atomic E-state index is 0.0922. The van der Waals surface area contributed by atoms with Gasteiger partial charge in [0.15, 0.2) is 0 Å². The smallest absolute Gasteiger partial charge is 0.251 e. The number of hydrogen-bond acceptors (Lipinski definition) is 2. The second-order valence-electron chi connectivity index (χ2n) is 5.06. The summed E-state index contributed by atoms with van der Waals surface area (Å²) in [5.74, 6) is 0.701. The number of nitrogens with one attached hydrogen (secondary N) is 2. The summed E-state index contributed by atoms with van der Waals surface area (Å²) in [6.45, 7) is 0. The van der Waals surface area contributed by atoms with E-state index in [2.05, 4.69) is 15.3 Å². The van der Waals surface area contributed by atoms with Gasteiger partial charge in [0.25, 0.3) is 5.91 Å². The lowest BCUT2D eigenvalue weighted by Gasteiger charge is -2.10. The monoisotopic (exact) mass is 303 g/mol. The van der Waals surface area contributed by atoms with E-state index >= 15 is 0 Å². The van der Waals surface area contributed by atoms with Crippen LogP contribution >= 0.6 is 0 Å². The van der Waals surface area contributed by atoms with E-state index in [0.717, 1.165) is 22.5 Å². The second-order valence-corrected chi connectivity index (χ2v) is 5.06. The lowest BCUT2D eigenvalue weighted by molar-refractivity contribution is 0.0963. The van der Waals surface area contributed by atoms with Gasteiger partial charge in [-0.1, -0.05) is 42.5 Å². The Morgan fingerprint density at radius 1 is 1.13 bits per heavy atom. The number of hydrogen-bond donors (Lipinski definition) is 2. The van der Waals surface area contributed by atoms with Crippen molar-refractivity contribution in [2.24, 2.45) is 0 Å². The average molecular weight is 303 g/mol. The minimum Gasteiger partial charge on any atom is -0.355 e. The van der Waals surface area contributed by atoms with Crippen molar-refractivity contribution in [3.05, 3.63) is 77.9 Å². The van der Waals surface area contributed by atoms with Crippen LogP contribution in [0.4, 0.5) is 0 Å². The molecule has 23 heavy (non-hydrogen) atoms. The van der Waals surface area contributed by atoms with Crippen molar-refractivity contribution in [2.75, 3.05) is 7.05 Å². The lowest BCUT2D eigenvalue weighted by Crippen LogP contribution is -2.18. The molecule has 1 aromatic heterocycles. The summed E-state index contributed by atoms with van der Waals surface area (Å²) in [5.41, 5.74) is 3.59. The lowest BCUT2D eigenvalue weighted by atomic mass is 9.96. The Balaban J connectivity index is 2.03. The van der Waals surface area contributed by atoms with Crippen LogP contribution in [-0.2, 0) is 0 Å².